The number of amides is 1. The van der Waals surface area contributed by atoms with Crippen LogP contribution in [0.25, 0.3) is 11.3 Å². The summed E-state index contributed by atoms with van der Waals surface area (Å²) in [5.74, 6) is -1.74. The maximum absolute atomic E-state index is 12.1. The molecule has 1 heterocycles. The van der Waals surface area contributed by atoms with Gasteiger partial charge < -0.3 is 10.4 Å². The first-order chi connectivity index (χ1) is 9.99. The number of benzene rings is 1. The molecule has 6 heteroatoms. The summed E-state index contributed by atoms with van der Waals surface area (Å²) in [4.78, 5) is 23.2. The predicted molar refractivity (Wildman–Crippen MR) is 77.8 cm³/mol. The number of carboxylic acids is 1. The van der Waals surface area contributed by atoms with E-state index < -0.39 is 17.9 Å². The SMILES string of the molecule is CC(C)[C@H](NC(=O)c1cc(-c2ccccc2)n[nH]1)C(=O)O. The molecule has 0 unspecified atom stereocenters. The molecule has 1 aromatic heterocycles. The summed E-state index contributed by atoms with van der Waals surface area (Å²) in [7, 11) is 0. The fraction of sp³-hybridized carbons (Fsp3) is 0.267. The molecule has 1 amide bonds. The molecule has 0 radical (unpaired) electrons. The van der Waals surface area contributed by atoms with E-state index in [4.69, 9.17) is 5.11 Å². The first kappa shape index (κ1) is 14.8. The third-order valence-corrected chi connectivity index (χ3v) is 3.11. The zero-order valence-corrected chi connectivity index (χ0v) is 11.8. The van der Waals surface area contributed by atoms with Crippen molar-refractivity contribution in [3.63, 3.8) is 0 Å². The van der Waals surface area contributed by atoms with Gasteiger partial charge in [-0.25, -0.2) is 4.79 Å². The van der Waals surface area contributed by atoms with Crippen LogP contribution in [-0.2, 0) is 4.79 Å². The van der Waals surface area contributed by atoms with Crippen molar-refractivity contribution in [1.29, 1.82) is 0 Å². The second-order valence-corrected chi connectivity index (χ2v) is 5.07. The first-order valence-electron chi connectivity index (χ1n) is 6.63. The summed E-state index contributed by atoms with van der Waals surface area (Å²) in [5, 5.41) is 18.3. The lowest BCUT2D eigenvalue weighted by molar-refractivity contribution is -0.140. The van der Waals surface area contributed by atoms with Crippen LogP contribution in [0.2, 0.25) is 0 Å². The number of rotatable bonds is 5. The van der Waals surface area contributed by atoms with Crippen molar-refractivity contribution in [2.75, 3.05) is 0 Å². The van der Waals surface area contributed by atoms with Gasteiger partial charge in [0.15, 0.2) is 0 Å². The zero-order valence-electron chi connectivity index (χ0n) is 11.8. The van der Waals surface area contributed by atoms with E-state index in [0.717, 1.165) is 5.56 Å². The number of hydrogen-bond acceptors (Lipinski definition) is 3. The van der Waals surface area contributed by atoms with Crippen LogP contribution >= 0.6 is 0 Å². The molecule has 110 valence electrons. The highest BCUT2D eigenvalue weighted by molar-refractivity contribution is 5.95. The highest BCUT2D eigenvalue weighted by Crippen LogP contribution is 2.17. The minimum Gasteiger partial charge on any atom is -0.480 e. The Morgan fingerprint density at radius 1 is 1.24 bits per heavy atom. The van der Waals surface area contributed by atoms with Crippen LogP contribution in [0.1, 0.15) is 24.3 Å². The van der Waals surface area contributed by atoms with Crippen LogP contribution in [0.5, 0.6) is 0 Å². The highest BCUT2D eigenvalue weighted by atomic mass is 16.4. The number of carbonyl (C=O) groups excluding carboxylic acids is 1. The average molecular weight is 287 g/mol. The van der Waals surface area contributed by atoms with Crippen molar-refractivity contribution in [3.8, 4) is 11.3 Å². The van der Waals surface area contributed by atoms with Gasteiger partial charge in [-0.1, -0.05) is 44.2 Å². The van der Waals surface area contributed by atoms with E-state index in [1.807, 2.05) is 30.3 Å². The van der Waals surface area contributed by atoms with Gasteiger partial charge in [0.1, 0.15) is 11.7 Å². The van der Waals surface area contributed by atoms with Crippen molar-refractivity contribution < 1.29 is 14.7 Å². The number of aliphatic carboxylic acids is 1. The quantitative estimate of drug-likeness (QED) is 0.783. The highest BCUT2D eigenvalue weighted by Gasteiger charge is 2.24. The molecule has 0 aliphatic heterocycles. The van der Waals surface area contributed by atoms with Crippen molar-refractivity contribution >= 4 is 11.9 Å². The van der Waals surface area contributed by atoms with Crippen LogP contribution < -0.4 is 5.32 Å². The second kappa shape index (κ2) is 6.21. The van der Waals surface area contributed by atoms with Crippen LogP contribution in [-0.4, -0.2) is 33.2 Å². The number of carboxylic acid groups (broad SMARTS) is 1. The number of nitrogens with one attached hydrogen (secondary N) is 2. The van der Waals surface area contributed by atoms with Gasteiger partial charge >= 0.3 is 5.97 Å². The van der Waals surface area contributed by atoms with E-state index in [1.165, 1.54) is 0 Å². The number of hydrogen-bond donors (Lipinski definition) is 3. The predicted octanol–water partition coefficient (Wildman–Crippen LogP) is 1.92. The van der Waals surface area contributed by atoms with Crippen molar-refractivity contribution in [3.05, 3.63) is 42.1 Å². The lowest BCUT2D eigenvalue weighted by Gasteiger charge is -2.17. The Balaban J connectivity index is 2.14. The summed E-state index contributed by atoms with van der Waals surface area (Å²) in [6.45, 7) is 3.48. The number of H-pyrrole nitrogens is 1. The molecule has 2 rings (SSSR count). The molecule has 0 fully saturated rings. The van der Waals surface area contributed by atoms with E-state index in [1.54, 1.807) is 19.9 Å². The largest absolute Gasteiger partial charge is 0.480 e. The Morgan fingerprint density at radius 2 is 1.90 bits per heavy atom. The molecule has 0 saturated carbocycles. The fourth-order valence-electron chi connectivity index (χ4n) is 1.93. The van der Waals surface area contributed by atoms with Gasteiger partial charge in [-0.3, -0.25) is 9.89 Å². The Labute approximate surface area is 122 Å². The standard InChI is InChI=1S/C15H17N3O3/c1-9(2)13(15(20)21)16-14(19)12-8-11(17-18-12)10-6-4-3-5-7-10/h3-9,13H,1-2H3,(H,16,19)(H,17,18)(H,20,21)/t13-/m0/s1. The third-order valence-electron chi connectivity index (χ3n) is 3.11. The van der Waals surface area contributed by atoms with Crippen LogP contribution in [0.4, 0.5) is 0 Å². The normalized spacial score (nSPS) is 12.1. The van der Waals surface area contributed by atoms with E-state index in [0.29, 0.717) is 5.69 Å². The van der Waals surface area contributed by atoms with Gasteiger partial charge in [-0.15, -0.1) is 0 Å². The minimum atomic E-state index is -1.05. The molecule has 0 aliphatic carbocycles. The van der Waals surface area contributed by atoms with Gasteiger partial charge in [0, 0.05) is 5.56 Å². The Morgan fingerprint density at radius 3 is 2.48 bits per heavy atom. The summed E-state index contributed by atoms with van der Waals surface area (Å²) in [6.07, 6.45) is 0. The lowest BCUT2D eigenvalue weighted by Crippen LogP contribution is -2.44. The van der Waals surface area contributed by atoms with Crippen molar-refractivity contribution in [2.45, 2.75) is 19.9 Å². The van der Waals surface area contributed by atoms with Crippen molar-refractivity contribution in [2.24, 2.45) is 5.92 Å². The smallest absolute Gasteiger partial charge is 0.326 e. The first-order valence-corrected chi connectivity index (χ1v) is 6.63. The number of aromatic nitrogens is 2. The summed E-state index contributed by atoms with van der Waals surface area (Å²) in [5.41, 5.74) is 1.75. The van der Waals surface area contributed by atoms with Crippen LogP contribution in [0.15, 0.2) is 36.4 Å². The summed E-state index contributed by atoms with van der Waals surface area (Å²) in [6, 6.07) is 10.1. The second-order valence-electron chi connectivity index (χ2n) is 5.07. The number of nitrogens with zero attached hydrogens (tertiary/aromatic N) is 1. The lowest BCUT2D eigenvalue weighted by atomic mass is 10.0. The maximum atomic E-state index is 12.1. The molecule has 2 aromatic rings. The molecule has 6 nitrogen and oxygen atoms in total. The monoisotopic (exact) mass is 287 g/mol. The van der Waals surface area contributed by atoms with Gasteiger partial charge in [-0.05, 0) is 12.0 Å². The molecule has 1 aromatic carbocycles. The van der Waals surface area contributed by atoms with E-state index in [-0.39, 0.29) is 11.6 Å². The topological polar surface area (TPSA) is 95.1 Å². The Kier molecular flexibility index (Phi) is 4.37. The molecular weight excluding hydrogens is 270 g/mol. The molecule has 0 saturated heterocycles. The molecule has 3 N–H and O–H groups in total. The van der Waals surface area contributed by atoms with Crippen molar-refractivity contribution in [1.82, 2.24) is 15.5 Å². The van der Waals surface area contributed by atoms with E-state index >= 15 is 0 Å². The van der Waals surface area contributed by atoms with E-state index in [2.05, 4.69) is 15.5 Å². The fourth-order valence-corrected chi connectivity index (χ4v) is 1.93. The molecule has 1 atom stereocenters. The third kappa shape index (κ3) is 3.47. The molecule has 0 bridgehead atoms. The Hall–Kier alpha value is -2.63. The van der Waals surface area contributed by atoms with Gasteiger partial charge in [0.2, 0.25) is 0 Å². The van der Waals surface area contributed by atoms with E-state index in [9.17, 15) is 9.59 Å². The van der Waals surface area contributed by atoms with Gasteiger partial charge in [0.05, 0.1) is 5.69 Å². The molecular formula is C15H17N3O3. The molecule has 21 heavy (non-hydrogen) atoms. The molecule has 0 spiro atoms. The average Bonchev–Trinajstić information content (AvgIpc) is 2.94. The van der Waals surface area contributed by atoms with Crippen LogP contribution in [0, 0.1) is 5.92 Å². The van der Waals surface area contributed by atoms with Gasteiger partial charge in [0.25, 0.3) is 5.91 Å². The van der Waals surface area contributed by atoms with Gasteiger partial charge in [-0.2, -0.15) is 5.10 Å². The number of carbonyl (C=O) groups is 2. The van der Waals surface area contributed by atoms with Crippen LogP contribution in [0.3, 0.4) is 0 Å². The summed E-state index contributed by atoms with van der Waals surface area (Å²) >= 11 is 0. The minimum absolute atomic E-state index is 0.206. The molecule has 0 aliphatic rings. The Bertz CT molecular complexity index is 635. The maximum Gasteiger partial charge on any atom is 0.326 e. The zero-order chi connectivity index (χ0) is 15.4. The summed E-state index contributed by atoms with van der Waals surface area (Å²) < 4.78 is 0. The number of aromatic amines is 1.